The molecule has 5 aromatic rings. The molecular formula is C25H19N5O2. The third-order valence-corrected chi connectivity index (χ3v) is 5.38. The molecule has 0 saturated heterocycles. The number of pyridine rings is 2. The van der Waals surface area contributed by atoms with Crippen LogP contribution in [0.3, 0.4) is 0 Å². The number of aromatic hydroxyl groups is 1. The summed E-state index contributed by atoms with van der Waals surface area (Å²) >= 11 is 0. The average molecular weight is 421 g/mol. The fourth-order valence-electron chi connectivity index (χ4n) is 3.85. The summed E-state index contributed by atoms with van der Waals surface area (Å²) < 4.78 is 1.73. The number of carbonyl (C=O) groups excluding carboxylic acids is 1. The van der Waals surface area contributed by atoms with Crippen LogP contribution in [0.2, 0.25) is 0 Å². The van der Waals surface area contributed by atoms with Gasteiger partial charge in [0.05, 0.1) is 22.3 Å². The zero-order chi connectivity index (χ0) is 22.1. The Hall–Kier alpha value is -4.39. The number of nitrogens with zero attached hydrogens (tertiary/aromatic N) is 5. The number of amides is 1. The van der Waals surface area contributed by atoms with E-state index in [1.54, 1.807) is 23.0 Å². The maximum Gasteiger partial charge on any atom is 0.296 e. The lowest BCUT2D eigenvalue weighted by atomic mass is 10.0. The van der Waals surface area contributed by atoms with Gasteiger partial charge in [0.1, 0.15) is 0 Å². The summed E-state index contributed by atoms with van der Waals surface area (Å²) in [6.45, 7) is 2.50. The molecule has 0 aliphatic heterocycles. The Morgan fingerprint density at radius 2 is 1.81 bits per heavy atom. The first-order valence-electron chi connectivity index (χ1n) is 10.2. The number of carbonyl (C=O) groups is 1. The molecule has 0 saturated carbocycles. The highest BCUT2D eigenvalue weighted by atomic mass is 16.3. The van der Waals surface area contributed by atoms with Gasteiger partial charge in [0.2, 0.25) is 5.88 Å². The Morgan fingerprint density at radius 3 is 2.59 bits per heavy atom. The van der Waals surface area contributed by atoms with Crippen LogP contribution in [0.5, 0.6) is 5.88 Å². The van der Waals surface area contributed by atoms with Crippen LogP contribution in [0.15, 0.2) is 89.4 Å². The van der Waals surface area contributed by atoms with Gasteiger partial charge in [-0.1, -0.05) is 36.4 Å². The minimum Gasteiger partial charge on any atom is -0.493 e. The molecule has 32 heavy (non-hydrogen) atoms. The molecule has 7 heteroatoms. The lowest BCUT2D eigenvalue weighted by molar-refractivity contribution is 0.0996. The molecule has 2 aromatic carbocycles. The lowest BCUT2D eigenvalue weighted by Gasteiger charge is -2.07. The maximum atomic E-state index is 13.1. The van der Waals surface area contributed by atoms with E-state index in [0.29, 0.717) is 28.7 Å². The number of para-hydroxylation sites is 2. The van der Waals surface area contributed by atoms with Crippen molar-refractivity contribution in [1.29, 1.82) is 0 Å². The van der Waals surface area contributed by atoms with E-state index in [0.717, 1.165) is 16.5 Å². The van der Waals surface area contributed by atoms with Crippen LogP contribution in [0.25, 0.3) is 33.1 Å². The van der Waals surface area contributed by atoms with Crippen molar-refractivity contribution in [3.63, 3.8) is 0 Å². The Bertz CT molecular complexity index is 1490. The SMILES string of the molecule is CCn1c(O)c(N=NC(=O)c2cc(-c3cccnc3)nc3ccccc23)c2ccccc21. The molecule has 1 amide bonds. The van der Waals surface area contributed by atoms with E-state index in [-0.39, 0.29) is 11.6 Å². The molecule has 0 aliphatic carbocycles. The van der Waals surface area contributed by atoms with Crippen molar-refractivity contribution >= 4 is 33.4 Å². The first-order valence-corrected chi connectivity index (χ1v) is 10.2. The summed E-state index contributed by atoms with van der Waals surface area (Å²) in [6, 6.07) is 20.3. The molecule has 7 nitrogen and oxygen atoms in total. The molecule has 3 heterocycles. The van der Waals surface area contributed by atoms with Crippen LogP contribution in [0.4, 0.5) is 5.69 Å². The molecular weight excluding hydrogens is 402 g/mol. The highest BCUT2D eigenvalue weighted by molar-refractivity contribution is 6.07. The predicted octanol–water partition coefficient (Wildman–Crippen LogP) is 5.90. The molecule has 0 bridgehead atoms. The topological polar surface area (TPSA) is 92.7 Å². The molecule has 0 unspecified atom stereocenters. The smallest absolute Gasteiger partial charge is 0.296 e. The molecule has 0 aliphatic rings. The summed E-state index contributed by atoms with van der Waals surface area (Å²) in [7, 11) is 0. The Kier molecular flexibility index (Phi) is 4.91. The lowest BCUT2D eigenvalue weighted by Crippen LogP contribution is -1.99. The zero-order valence-corrected chi connectivity index (χ0v) is 17.3. The Labute approximate surface area is 183 Å². The van der Waals surface area contributed by atoms with E-state index in [1.165, 1.54) is 0 Å². The molecule has 5 rings (SSSR count). The molecule has 0 spiro atoms. The summed E-state index contributed by atoms with van der Waals surface area (Å²) in [5, 5.41) is 20.2. The number of rotatable bonds is 4. The quantitative estimate of drug-likeness (QED) is 0.366. The van der Waals surface area contributed by atoms with Crippen LogP contribution < -0.4 is 0 Å². The molecule has 156 valence electrons. The van der Waals surface area contributed by atoms with Gasteiger partial charge in [-0.3, -0.25) is 9.78 Å². The number of hydrogen-bond acceptors (Lipinski definition) is 5. The van der Waals surface area contributed by atoms with E-state index in [2.05, 4.69) is 20.2 Å². The van der Waals surface area contributed by atoms with Crippen molar-refractivity contribution in [2.24, 2.45) is 10.2 Å². The van der Waals surface area contributed by atoms with Gasteiger partial charge >= 0.3 is 0 Å². The first-order chi connectivity index (χ1) is 15.7. The van der Waals surface area contributed by atoms with Gasteiger partial charge < -0.3 is 9.67 Å². The second-order valence-electron chi connectivity index (χ2n) is 7.25. The van der Waals surface area contributed by atoms with E-state index >= 15 is 0 Å². The van der Waals surface area contributed by atoms with Crippen LogP contribution in [0.1, 0.15) is 17.3 Å². The van der Waals surface area contributed by atoms with Gasteiger partial charge in [0, 0.05) is 35.3 Å². The van der Waals surface area contributed by atoms with Crippen LogP contribution in [-0.2, 0) is 6.54 Å². The predicted molar refractivity (Wildman–Crippen MR) is 123 cm³/mol. The van der Waals surface area contributed by atoms with E-state index in [4.69, 9.17) is 0 Å². The molecule has 0 radical (unpaired) electrons. The second kappa shape index (κ2) is 8.03. The van der Waals surface area contributed by atoms with Crippen LogP contribution >= 0.6 is 0 Å². The standard InChI is InChI=1S/C25H19N5O2/c1-2-30-22-12-6-4-10-18(22)23(25(30)32)28-29-24(31)19-14-21(16-8-7-13-26-15-16)27-20-11-5-3-9-17(19)20/h3-15,32H,2H2,1H3. The summed E-state index contributed by atoms with van der Waals surface area (Å²) in [5.41, 5.74) is 3.60. The first kappa shape index (κ1) is 19.6. The van der Waals surface area contributed by atoms with Crippen LogP contribution in [0, 0.1) is 0 Å². The number of fused-ring (bicyclic) bond motifs is 2. The Balaban J connectivity index is 1.61. The summed E-state index contributed by atoms with van der Waals surface area (Å²) in [4.78, 5) is 22.0. The number of aryl methyl sites for hydroxylation is 1. The fourth-order valence-corrected chi connectivity index (χ4v) is 3.85. The van der Waals surface area contributed by atoms with Crippen molar-refractivity contribution < 1.29 is 9.90 Å². The highest BCUT2D eigenvalue weighted by Gasteiger charge is 2.17. The minimum absolute atomic E-state index is 0.0131. The van der Waals surface area contributed by atoms with Gasteiger partial charge in [-0.2, -0.15) is 0 Å². The van der Waals surface area contributed by atoms with Crippen molar-refractivity contribution in [3.05, 3.63) is 84.7 Å². The van der Waals surface area contributed by atoms with Gasteiger partial charge in [-0.05, 0) is 37.3 Å². The third-order valence-electron chi connectivity index (χ3n) is 5.38. The number of azo groups is 1. The van der Waals surface area contributed by atoms with Gasteiger partial charge in [-0.25, -0.2) is 4.98 Å². The van der Waals surface area contributed by atoms with Crippen molar-refractivity contribution in [3.8, 4) is 17.1 Å². The van der Waals surface area contributed by atoms with E-state index in [1.807, 2.05) is 67.6 Å². The largest absolute Gasteiger partial charge is 0.493 e. The molecule has 0 atom stereocenters. The molecule has 0 fully saturated rings. The second-order valence-corrected chi connectivity index (χ2v) is 7.25. The van der Waals surface area contributed by atoms with Crippen molar-refractivity contribution in [2.45, 2.75) is 13.5 Å². The highest BCUT2D eigenvalue weighted by Crippen LogP contribution is 2.38. The van der Waals surface area contributed by atoms with Gasteiger partial charge in [-0.15, -0.1) is 10.2 Å². The van der Waals surface area contributed by atoms with E-state index < -0.39 is 5.91 Å². The molecule has 3 aromatic heterocycles. The fraction of sp³-hybridized carbons (Fsp3) is 0.0800. The summed E-state index contributed by atoms with van der Waals surface area (Å²) in [6.07, 6.45) is 3.38. The van der Waals surface area contributed by atoms with Crippen molar-refractivity contribution in [2.75, 3.05) is 0 Å². The van der Waals surface area contributed by atoms with Gasteiger partial charge in [0.15, 0.2) is 5.69 Å². The monoisotopic (exact) mass is 421 g/mol. The van der Waals surface area contributed by atoms with E-state index in [9.17, 15) is 9.90 Å². The number of benzene rings is 2. The normalized spacial score (nSPS) is 11.5. The zero-order valence-electron chi connectivity index (χ0n) is 17.3. The minimum atomic E-state index is -0.513. The number of hydrogen-bond donors (Lipinski definition) is 1. The van der Waals surface area contributed by atoms with Crippen molar-refractivity contribution in [1.82, 2.24) is 14.5 Å². The Morgan fingerprint density at radius 1 is 1.03 bits per heavy atom. The van der Waals surface area contributed by atoms with Crippen LogP contribution in [-0.4, -0.2) is 25.5 Å². The number of aromatic nitrogens is 3. The maximum absolute atomic E-state index is 13.1. The van der Waals surface area contributed by atoms with Gasteiger partial charge in [0.25, 0.3) is 5.91 Å². The molecule has 1 N–H and O–H groups in total. The third kappa shape index (κ3) is 3.30. The average Bonchev–Trinajstić information content (AvgIpc) is 3.12. The summed E-state index contributed by atoms with van der Waals surface area (Å²) in [5.74, 6) is -0.526.